The quantitative estimate of drug-likeness (QED) is 0.629. The third-order valence-electron chi connectivity index (χ3n) is 2.76. The molecule has 0 aromatic heterocycles. The first kappa shape index (κ1) is 17.0. The Labute approximate surface area is 125 Å². The van der Waals surface area contributed by atoms with E-state index < -0.39 is 18.2 Å². The van der Waals surface area contributed by atoms with E-state index in [1.54, 1.807) is 12.2 Å². The van der Waals surface area contributed by atoms with Gasteiger partial charge in [0.25, 0.3) is 6.29 Å². The molecule has 0 saturated heterocycles. The van der Waals surface area contributed by atoms with E-state index in [9.17, 15) is 9.59 Å². The normalized spacial score (nSPS) is 11.7. The number of hydrogen-bond donors (Lipinski definition) is 0. The monoisotopic (exact) mass is 290 g/mol. The Bertz CT molecular complexity index is 522. The van der Waals surface area contributed by atoms with E-state index in [0.717, 1.165) is 5.56 Å². The molecule has 0 fully saturated rings. The van der Waals surface area contributed by atoms with Crippen LogP contribution in [0.4, 0.5) is 0 Å². The van der Waals surface area contributed by atoms with Crippen molar-refractivity contribution in [1.29, 1.82) is 0 Å². The Morgan fingerprint density at radius 1 is 1.10 bits per heavy atom. The maximum absolute atomic E-state index is 11.0. The lowest BCUT2D eigenvalue weighted by molar-refractivity contribution is -0.176. The standard InChI is InChI=1S/C17H22O4/c1-12(18)20-16(21-13(2)19)10-9-14-7-6-8-15(11-14)17(3,4)5/h6-11,16H,1-5H3/b10-9+. The molecular weight excluding hydrogens is 268 g/mol. The van der Waals surface area contributed by atoms with E-state index in [1.807, 2.05) is 12.1 Å². The molecule has 0 radical (unpaired) electrons. The molecule has 0 aliphatic heterocycles. The van der Waals surface area contributed by atoms with Crippen LogP contribution in [0, 0.1) is 0 Å². The molecule has 0 aliphatic rings. The Morgan fingerprint density at radius 3 is 2.14 bits per heavy atom. The number of ether oxygens (including phenoxy) is 2. The van der Waals surface area contributed by atoms with Crippen LogP contribution >= 0.6 is 0 Å². The summed E-state index contributed by atoms with van der Waals surface area (Å²) in [6.45, 7) is 8.94. The SMILES string of the molecule is CC(=O)OC(/C=C/c1cccc(C(C)(C)C)c1)OC(C)=O. The van der Waals surface area contributed by atoms with Crippen LogP contribution in [0.25, 0.3) is 6.08 Å². The number of hydrogen-bond acceptors (Lipinski definition) is 4. The summed E-state index contributed by atoms with van der Waals surface area (Å²) in [7, 11) is 0. The highest BCUT2D eigenvalue weighted by atomic mass is 16.7. The molecule has 0 spiro atoms. The second-order valence-corrected chi connectivity index (χ2v) is 5.82. The lowest BCUT2D eigenvalue weighted by Crippen LogP contribution is -2.20. The van der Waals surface area contributed by atoms with E-state index in [-0.39, 0.29) is 5.41 Å². The molecule has 0 aliphatic carbocycles. The lowest BCUT2D eigenvalue weighted by atomic mass is 9.86. The first-order chi connectivity index (χ1) is 9.68. The first-order valence-corrected chi connectivity index (χ1v) is 6.81. The van der Waals surface area contributed by atoms with Crippen LogP contribution in [0.2, 0.25) is 0 Å². The van der Waals surface area contributed by atoms with Crippen molar-refractivity contribution < 1.29 is 19.1 Å². The molecular formula is C17H22O4. The number of benzene rings is 1. The third-order valence-corrected chi connectivity index (χ3v) is 2.76. The highest BCUT2D eigenvalue weighted by Crippen LogP contribution is 2.23. The van der Waals surface area contributed by atoms with Gasteiger partial charge in [-0.2, -0.15) is 0 Å². The zero-order valence-electron chi connectivity index (χ0n) is 13.2. The molecule has 1 aromatic rings. The molecule has 0 saturated carbocycles. The Morgan fingerprint density at radius 2 is 1.67 bits per heavy atom. The van der Waals surface area contributed by atoms with Gasteiger partial charge in [0.2, 0.25) is 0 Å². The highest BCUT2D eigenvalue weighted by molar-refractivity contribution is 5.69. The van der Waals surface area contributed by atoms with Crippen molar-refractivity contribution in [3.63, 3.8) is 0 Å². The Balaban J connectivity index is 2.90. The topological polar surface area (TPSA) is 52.6 Å². The van der Waals surface area contributed by atoms with E-state index in [4.69, 9.17) is 9.47 Å². The van der Waals surface area contributed by atoms with Gasteiger partial charge in [0.15, 0.2) is 0 Å². The van der Waals surface area contributed by atoms with Gasteiger partial charge in [0.1, 0.15) is 0 Å². The predicted octanol–water partition coefficient (Wildman–Crippen LogP) is 3.45. The summed E-state index contributed by atoms with van der Waals surface area (Å²) in [4.78, 5) is 22.0. The van der Waals surface area contributed by atoms with E-state index in [2.05, 4.69) is 32.9 Å². The molecule has 0 N–H and O–H groups in total. The van der Waals surface area contributed by atoms with E-state index in [0.29, 0.717) is 0 Å². The molecule has 21 heavy (non-hydrogen) atoms. The highest BCUT2D eigenvalue weighted by Gasteiger charge is 2.14. The summed E-state index contributed by atoms with van der Waals surface area (Å²) in [5.41, 5.74) is 2.20. The van der Waals surface area contributed by atoms with Crippen molar-refractivity contribution in [2.75, 3.05) is 0 Å². The zero-order chi connectivity index (χ0) is 16.0. The third kappa shape index (κ3) is 6.25. The molecule has 0 atom stereocenters. The maximum atomic E-state index is 11.0. The minimum absolute atomic E-state index is 0.0506. The van der Waals surface area contributed by atoms with Gasteiger partial charge in [-0.25, -0.2) is 0 Å². The van der Waals surface area contributed by atoms with Crippen molar-refractivity contribution in [1.82, 2.24) is 0 Å². The molecule has 114 valence electrons. The van der Waals surface area contributed by atoms with E-state index in [1.165, 1.54) is 19.4 Å². The lowest BCUT2D eigenvalue weighted by Gasteiger charge is -2.19. The summed E-state index contributed by atoms with van der Waals surface area (Å²) < 4.78 is 9.82. The molecule has 4 nitrogen and oxygen atoms in total. The summed E-state index contributed by atoms with van der Waals surface area (Å²) in [5.74, 6) is -1.01. The van der Waals surface area contributed by atoms with Gasteiger partial charge in [0.05, 0.1) is 0 Å². The van der Waals surface area contributed by atoms with Crippen molar-refractivity contribution in [3.8, 4) is 0 Å². The molecule has 1 rings (SSSR count). The maximum Gasteiger partial charge on any atom is 0.305 e. The van der Waals surface area contributed by atoms with Crippen LogP contribution in [-0.4, -0.2) is 18.2 Å². The van der Waals surface area contributed by atoms with Crippen LogP contribution in [-0.2, 0) is 24.5 Å². The number of carbonyl (C=O) groups is 2. The largest absolute Gasteiger partial charge is 0.421 e. The first-order valence-electron chi connectivity index (χ1n) is 6.81. The number of rotatable bonds is 4. The fraction of sp³-hybridized carbons (Fsp3) is 0.412. The predicted molar refractivity (Wildman–Crippen MR) is 81.5 cm³/mol. The average molecular weight is 290 g/mol. The van der Waals surface area contributed by atoms with Crippen molar-refractivity contribution in [2.45, 2.75) is 46.3 Å². The van der Waals surface area contributed by atoms with Gasteiger partial charge < -0.3 is 9.47 Å². The summed E-state index contributed by atoms with van der Waals surface area (Å²) in [6.07, 6.45) is 2.31. The van der Waals surface area contributed by atoms with E-state index >= 15 is 0 Å². The Kier molecular flexibility index (Phi) is 5.70. The van der Waals surface area contributed by atoms with Crippen molar-refractivity contribution in [2.24, 2.45) is 0 Å². The van der Waals surface area contributed by atoms with Gasteiger partial charge in [-0.3, -0.25) is 9.59 Å². The summed E-state index contributed by atoms with van der Waals surface area (Å²) in [5, 5.41) is 0. The average Bonchev–Trinajstić information content (AvgIpc) is 2.34. The van der Waals surface area contributed by atoms with Gasteiger partial charge >= 0.3 is 11.9 Å². The van der Waals surface area contributed by atoms with Crippen molar-refractivity contribution in [3.05, 3.63) is 41.5 Å². The zero-order valence-corrected chi connectivity index (χ0v) is 13.2. The fourth-order valence-corrected chi connectivity index (χ4v) is 1.73. The fourth-order valence-electron chi connectivity index (χ4n) is 1.73. The van der Waals surface area contributed by atoms with Crippen molar-refractivity contribution >= 4 is 18.0 Å². The Hall–Kier alpha value is -2.10. The second-order valence-electron chi connectivity index (χ2n) is 5.82. The van der Waals surface area contributed by atoms with Gasteiger partial charge in [-0.15, -0.1) is 0 Å². The number of carbonyl (C=O) groups excluding carboxylic acids is 2. The van der Waals surface area contributed by atoms with Crippen LogP contribution in [0.3, 0.4) is 0 Å². The van der Waals surface area contributed by atoms with Gasteiger partial charge in [-0.05, 0) is 22.6 Å². The molecule has 0 heterocycles. The summed E-state index contributed by atoms with van der Waals surface area (Å²) in [6, 6.07) is 8.01. The minimum atomic E-state index is -1.00. The molecule has 0 amide bonds. The smallest absolute Gasteiger partial charge is 0.305 e. The van der Waals surface area contributed by atoms with Gasteiger partial charge in [0, 0.05) is 13.8 Å². The summed E-state index contributed by atoms with van der Waals surface area (Å²) >= 11 is 0. The molecule has 0 bridgehead atoms. The van der Waals surface area contributed by atoms with Gasteiger partial charge in [-0.1, -0.05) is 51.1 Å². The molecule has 1 aromatic carbocycles. The van der Waals surface area contributed by atoms with Crippen LogP contribution in [0.5, 0.6) is 0 Å². The van der Waals surface area contributed by atoms with Crippen LogP contribution in [0.1, 0.15) is 45.7 Å². The molecule has 0 unspecified atom stereocenters. The van der Waals surface area contributed by atoms with Crippen LogP contribution < -0.4 is 0 Å². The number of esters is 2. The van der Waals surface area contributed by atoms with Crippen LogP contribution in [0.15, 0.2) is 30.3 Å². The second kappa shape index (κ2) is 7.07. The molecule has 4 heteroatoms. The minimum Gasteiger partial charge on any atom is -0.421 e.